The lowest BCUT2D eigenvalue weighted by Crippen LogP contribution is -2.51. The highest BCUT2D eigenvalue weighted by molar-refractivity contribution is 7.89. The molecule has 1 heterocycles. The summed E-state index contributed by atoms with van der Waals surface area (Å²) in [5.41, 5.74) is 3.71. The second-order valence-electron chi connectivity index (χ2n) is 9.23. The molecule has 8 nitrogen and oxygen atoms in total. The number of nitrogens with zero attached hydrogens (tertiary/aromatic N) is 1. The number of amides is 1. The van der Waals surface area contributed by atoms with Crippen LogP contribution < -0.4 is 10.6 Å². The number of hydrogen-bond acceptors (Lipinski definition) is 5. The Morgan fingerprint density at radius 2 is 1.65 bits per heavy atom. The van der Waals surface area contributed by atoms with Crippen molar-refractivity contribution < 1.29 is 23.1 Å². The fourth-order valence-electron chi connectivity index (χ4n) is 4.40. The van der Waals surface area contributed by atoms with Crippen molar-refractivity contribution in [3.63, 3.8) is 0 Å². The zero-order valence-electron chi connectivity index (χ0n) is 20.6. The van der Waals surface area contributed by atoms with Gasteiger partial charge >= 0.3 is 5.97 Å². The second kappa shape index (κ2) is 11.6. The van der Waals surface area contributed by atoms with E-state index in [1.165, 1.54) is 16.4 Å². The molecule has 1 fully saturated rings. The Kier molecular flexibility index (Phi) is 8.25. The van der Waals surface area contributed by atoms with E-state index >= 15 is 0 Å². The molecular weight excluding hydrogens is 490 g/mol. The minimum atomic E-state index is -3.88. The van der Waals surface area contributed by atoms with Gasteiger partial charge in [0.1, 0.15) is 12.1 Å². The van der Waals surface area contributed by atoms with Crippen LogP contribution in [0.1, 0.15) is 29.5 Å². The van der Waals surface area contributed by atoms with Crippen LogP contribution in [0, 0.1) is 6.92 Å². The molecule has 1 aliphatic heterocycles. The topological polar surface area (TPSA) is 116 Å². The number of carboxylic acid groups (broad SMARTS) is 1. The van der Waals surface area contributed by atoms with Crippen molar-refractivity contribution in [3.05, 3.63) is 95.6 Å². The molecular formula is C28H31N3O5S. The highest BCUT2D eigenvalue weighted by Crippen LogP contribution is 2.26. The average Bonchev–Trinajstić information content (AvgIpc) is 3.40. The van der Waals surface area contributed by atoms with E-state index in [-0.39, 0.29) is 17.9 Å². The molecule has 1 aliphatic rings. The number of hydrogen-bond donors (Lipinski definition) is 3. The number of benzene rings is 3. The molecule has 1 saturated heterocycles. The molecule has 3 aromatic carbocycles. The highest BCUT2D eigenvalue weighted by atomic mass is 32.2. The normalized spacial score (nSPS) is 16.7. The largest absolute Gasteiger partial charge is 0.480 e. The van der Waals surface area contributed by atoms with Gasteiger partial charge in [0.15, 0.2) is 0 Å². The molecule has 0 unspecified atom stereocenters. The summed E-state index contributed by atoms with van der Waals surface area (Å²) in [5, 5.41) is 15.7. The molecule has 9 heteroatoms. The van der Waals surface area contributed by atoms with Crippen LogP contribution in [0.4, 0.5) is 5.69 Å². The van der Waals surface area contributed by atoms with Crippen molar-refractivity contribution in [1.29, 1.82) is 0 Å². The smallest absolute Gasteiger partial charge is 0.326 e. The van der Waals surface area contributed by atoms with Gasteiger partial charge in [0, 0.05) is 25.2 Å². The van der Waals surface area contributed by atoms with Gasteiger partial charge in [0.2, 0.25) is 15.9 Å². The fourth-order valence-corrected chi connectivity index (χ4v) is 6.05. The number of aliphatic carboxylic acids is 1. The van der Waals surface area contributed by atoms with Crippen LogP contribution in [-0.2, 0) is 32.6 Å². The van der Waals surface area contributed by atoms with E-state index in [1.54, 1.807) is 12.1 Å². The molecule has 0 bridgehead atoms. The Morgan fingerprint density at radius 1 is 0.973 bits per heavy atom. The first-order valence-electron chi connectivity index (χ1n) is 12.2. The molecule has 3 N–H and O–H groups in total. The maximum atomic E-state index is 13.2. The number of sulfonamides is 1. The highest BCUT2D eigenvalue weighted by Gasteiger charge is 2.40. The lowest BCUT2D eigenvalue weighted by Gasteiger charge is -2.25. The Labute approximate surface area is 217 Å². The van der Waals surface area contributed by atoms with Crippen molar-refractivity contribution in [2.45, 2.75) is 49.7 Å². The van der Waals surface area contributed by atoms with Gasteiger partial charge in [-0.15, -0.1) is 0 Å². The van der Waals surface area contributed by atoms with E-state index in [2.05, 4.69) is 10.6 Å². The van der Waals surface area contributed by atoms with Crippen LogP contribution in [0.5, 0.6) is 0 Å². The van der Waals surface area contributed by atoms with Crippen LogP contribution in [-0.4, -0.2) is 48.3 Å². The predicted octanol–water partition coefficient (Wildman–Crippen LogP) is 3.57. The summed E-state index contributed by atoms with van der Waals surface area (Å²) in [6, 6.07) is 21.7. The van der Waals surface area contributed by atoms with Crippen molar-refractivity contribution in [1.82, 2.24) is 9.62 Å². The number of aryl methyl sites for hydroxylation is 1. The number of carboxylic acids is 1. The Morgan fingerprint density at radius 3 is 2.30 bits per heavy atom. The third kappa shape index (κ3) is 6.55. The molecule has 0 aromatic heterocycles. The van der Waals surface area contributed by atoms with Gasteiger partial charge in [-0.1, -0.05) is 60.2 Å². The van der Waals surface area contributed by atoms with Crippen molar-refractivity contribution >= 4 is 27.6 Å². The van der Waals surface area contributed by atoms with E-state index in [0.29, 0.717) is 19.4 Å². The molecule has 2 atom stereocenters. The standard InChI is InChI=1S/C28H31N3O5S/c1-20-9-15-24(16-10-20)37(35,36)31-17-5-8-26(31)27(32)30-25(28(33)34)18-21-11-13-23(14-12-21)29-19-22-6-3-2-4-7-22/h2-4,6-7,9-16,25-26,29H,5,8,17-19H2,1H3,(H,30,32)(H,33,34)/t25-,26-/m0/s1. The van der Waals surface area contributed by atoms with Crippen LogP contribution in [0.25, 0.3) is 0 Å². The summed E-state index contributed by atoms with van der Waals surface area (Å²) in [6.45, 7) is 2.74. The zero-order valence-corrected chi connectivity index (χ0v) is 21.4. The maximum Gasteiger partial charge on any atom is 0.326 e. The number of nitrogens with one attached hydrogen (secondary N) is 2. The molecule has 0 spiro atoms. The fraction of sp³-hybridized carbons (Fsp3) is 0.286. The van der Waals surface area contributed by atoms with Crippen molar-refractivity contribution in [3.8, 4) is 0 Å². The van der Waals surface area contributed by atoms with E-state index in [1.807, 2.05) is 61.5 Å². The Balaban J connectivity index is 1.39. The first-order chi connectivity index (χ1) is 17.7. The minimum Gasteiger partial charge on any atom is -0.480 e. The van der Waals surface area contributed by atoms with Gasteiger partial charge < -0.3 is 15.7 Å². The van der Waals surface area contributed by atoms with E-state index in [0.717, 1.165) is 22.4 Å². The molecule has 0 aliphatic carbocycles. The molecule has 37 heavy (non-hydrogen) atoms. The predicted molar refractivity (Wildman–Crippen MR) is 142 cm³/mol. The number of carbonyl (C=O) groups is 2. The van der Waals surface area contributed by atoms with Crippen LogP contribution in [0.15, 0.2) is 83.8 Å². The number of anilines is 1. The van der Waals surface area contributed by atoms with Crippen LogP contribution >= 0.6 is 0 Å². The Bertz CT molecular complexity index is 1330. The van der Waals surface area contributed by atoms with Gasteiger partial charge in [0.05, 0.1) is 4.90 Å². The summed E-state index contributed by atoms with van der Waals surface area (Å²) in [7, 11) is -3.88. The number of rotatable bonds is 10. The summed E-state index contributed by atoms with van der Waals surface area (Å²) in [6.07, 6.45) is 0.945. The minimum absolute atomic E-state index is 0.0808. The SMILES string of the molecule is Cc1ccc(S(=O)(=O)N2CCC[C@H]2C(=O)N[C@@H](Cc2ccc(NCc3ccccc3)cc2)C(=O)O)cc1. The molecule has 194 valence electrons. The quantitative estimate of drug-likeness (QED) is 0.376. The molecule has 3 aromatic rings. The lowest BCUT2D eigenvalue weighted by atomic mass is 10.0. The van der Waals surface area contributed by atoms with Gasteiger partial charge in [0.25, 0.3) is 0 Å². The molecule has 1 amide bonds. The molecule has 0 saturated carbocycles. The first-order valence-corrected chi connectivity index (χ1v) is 13.7. The summed E-state index contributed by atoms with van der Waals surface area (Å²) >= 11 is 0. The maximum absolute atomic E-state index is 13.2. The second-order valence-corrected chi connectivity index (χ2v) is 11.1. The van der Waals surface area contributed by atoms with Crippen molar-refractivity contribution in [2.75, 3.05) is 11.9 Å². The summed E-state index contributed by atoms with van der Waals surface area (Å²) in [4.78, 5) is 25.1. The molecule has 4 rings (SSSR count). The lowest BCUT2D eigenvalue weighted by molar-refractivity contribution is -0.142. The summed E-state index contributed by atoms with van der Waals surface area (Å²) < 4.78 is 27.5. The van der Waals surface area contributed by atoms with E-state index in [4.69, 9.17) is 0 Å². The van der Waals surface area contributed by atoms with E-state index in [9.17, 15) is 23.1 Å². The zero-order chi connectivity index (χ0) is 26.4. The van der Waals surface area contributed by atoms with Crippen LogP contribution in [0.2, 0.25) is 0 Å². The van der Waals surface area contributed by atoms with Gasteiger partial charge in [-0.2, -0.15) is 4.31 Å². The summed E-state index contributed by atoms with van der Waals surface area (Å²) in [5.74, 6) is -1.77. The Hall–Kier alpha value is -3.69. The van der Waals surface area contributed by atoms with Crippen molar-refractivity contribution in [2.24, 2.45) is 0 Å². The van der Waals surface area contributed by atoms with Gasteiger partial charge in [-0.05, 0) is 55.2 Å². The van der Waals surface area contributed by atoms with Gasteiger partial charge in [-0.25, -0.2) is 13.2 Å². The van der Waals surface area contributed by atoms with Gasteiger partial charge in [-0.3, -0.25) is 4.79 Å². The van der Waals surface area contributed by atoms with E-state index < -0.39 is 34.0 Å². The first kappa shape index (κ1) is 26.4. The van der Waals surface area contributed by atoms with Crippen LogP contribution in [0.3, 0.4) is 0 Å². The molecule has 0 radical (unpaired) electrons. The monoisotopic (exact) mass is 521 g/mol. The third-order valence-corrected chi connectivity index (χ3v) is 8.40. The average molecular weight is 522 g/mol. The number of carbonyl (C=O) groups excluding carboxylic acids is 1. The third-order valence-electron chi connectivity index (χ3n) is 6.48.